The number of carbonyl (C=O) groups excluding carboxylic acids is 1. The number of para-hydroxylation sites is 1. The van der Waals surface area contributed by atoms with Gasteiger partial charge < -0.3 is 4.74 Å². The lowest BCUT2D eigenvalue weighted by Crippen LogP contribution is -2.02. The van der Waals surface area contributed by atoms with E-state index in [0.29, 0.717) is 17.7 Å². The fraction of sp³-hybridized carbons (Fsp3) is 0.267. The predicted molar refractivity (Wildman–Crippen MR) is 68.4 cm³/mol. The quantitative estimate of drug-likeness (QED) is 0.737. The van der Waals surface area contributed by atoms with E-state index in [9.17, 15) is 4.79 Å². The van der Waals surface area contributed by atoms with Crippen molar-refractivity contribution in [3.8, 4) is 5.75 Å². The molecule has 17 heavy (non-hydrogen) atoms. The van der Waals surface area contributed by atoms with Gasteiger partial charge in [0, 0.05) is 6.42 Å². The monoisotopic (exact) mass is 228 g/mol. The number of allylic oxidation sites excluding steroid dienone is 4. The lowest BCUT2D eigenvalue weighted by Gasteiger charge is -2.07. The van der Waals surface area contributed by atoms with E-state index in [-0.39, 0.29) is 5.78 Å². The molecular weight excluding hydrogens is 212 g/mol. The number of benzene rings is 1. The van der Waals surface area contributed by atoms with Crippen LogP contribution in [0.25, 0.3) is 0 Å². The Morgan fingerprint density at radius 1 is 1.35 bits per heavy atom. The summed E-state index contributed by atoms with van der Waals surface area (Å²) < 4.78 is 5.20. The zero-order valence-corrected chi connectivity index (χ0v) is 10.2. The minimum Gasteiger partial charge on any atom is -0.496 e. The van der Waals surface area contributed by atoms with Crippen molar-refractivity contribution in [1.29, 1.82) is 0 Å². The fourth-order valence-corrected chi connectivity index (χ4v) is 2.03. The van der Waals surface area contributed by atoms with E-state index in [0.717, 1.165) is 6.42 Å². The maximum absolute atomic E-state index is 12.1. The molecule has 0 atom stereocenters. The molecule has 0 aromatic heterocycles. The molecule has 1 aromatic rings. The summed E-state index contributed by atoms with van der Waals surface area (Å²) in [4.78, 5) is 12.1. The number of Topliss-reactive ketones (excluding diaryl/α,β-unsaturated/α-hetero) is 1. The molecule has 0 aliphatic heterocycles. The van der Waals surface area contributed by atoms with Gasteiger partial charge >= 0.3 is 0 Å². The molecule has 2 rings (SSSR count). The van der Waals surface area contributed by atoms with Crippen LogP contribution in [0.2, 0.25) is 0 Å². The molecule has 0 radical (unpaired) electrons. The summed E-state index contributed by atoms with van der Waals surface area (Å²) in [6.07, 6.45) is 5.61. The molecule has 1 aromatic carbocycles. The summed E-state index contributed by atoms with van der Waals surface area (Å²) in [7, 11) is 1.59. The molecule has 0 N–H and O–H groups in total. The Balaban J connectivity index is 2.13. The van der Waals surface area contributed by atoms with E-state index in [4.69, 9.17) is 4.74 Å². The maximum atomic E-state index is 12.1. The van der Waals surface area contributed by atoms with Crippen molar-refractivity contribution in [2.45, 2.75) is 19.8 Å². The first kappa shape index (κ1) is 11.6. The van der Waals surface area contributed by atoms with Gasteiger partial charge in [0.1, 0.15) is 5.75 Å². The largest absolute Gasteiger partial charge is 0.496 e. The van der Waals surface area contributed by atoms with E-state index in [1.165, 1.54) is 11.1 Å². The van der Waals surface area contributed by atoms with Crippen LogP contribution in [-0.2, 0) is 0 Å². The van der Waals surface area contributed by atoms with Crippen LogP contribution in [0.1, 0.15) is 30.1 Å². The molecule has 0 heterocycles. The highest BCUT2D eigenvalue weighted by Crippen LogP contribution is 2.25. The molecule has 0 saturated heterocycles. The third-order valence-electron chi connectivity index (χ3n) is 2.91. The van der Waals surface area contributed by atoms with Gasteiger partial charge in [0.2, 0.25) is 0 Å². The predicted octanol–water partition coefficient (Wildman–Crippen LogP) is 3.54. The topological polar surface area (TPSA) is 26.3 Å². The van der Waals surface area contributed by atoms with E-state index in [2.05, 4.69) is 19.1 Å². The molecule has 2 nitrogen and oxygen atoms in total. The first-order valence-electron chi connectivity index (χ1n) is 5.73. The van der Waals surface area contributed by atoms with Crippen LogP contribution in [0.5, 0.6) is 5.75 Å². The van der Waals surface area contributed by atoms with Crippen molar-refractivity contribution in [2.75, 3.05) is 7.11 Å². The van der Waals surface area contributed by atoms with Gasteiger partial charge in [0.05, 0.1) is 12.7 Å². The molecular formula is C15H16O2. The lowest BCUT2D eigenvalue weighted by atomic mass is 10.0. The summed E-state index contributed by atoms with van der Waals surface area (Å²) >= 11 is 0. The average molecular weight is 228 g/mol. The van der Waals surface area contributed by atoms with Gasteiger partial charge in [-0.3, -0.25) is 4.79 Å². The minimum absolute atomic E-state index is 0.122. The van der Waals surface area contributed by atoms with Gasteiger partial charge in [-0.25, -0.2) is 0 Å². The highest BCUT2D eigenvalue weighted by molar-refractivity contribution is 6.00. The molecule has 1 aliphatic carbocycles. The van der Waals surface area contributed by atoms with Gasteiger partial charge in [-0.05, 0) is 25.5 Å². The van der Waals surface area contributed by atoms with Crippen LogP contribution in [0.3, 0.4) is 0 Å². The van der Waals surface area contributed by atoms with Crippen molar-refractivity contribution < 1.29 is 9.53 Å². The zero-order chi connectivity index (χ0) is 12.3. The van der Waals surface area contributed by atoms with Crippen LogP contribution in [-0.4, -0.2) is 12.9 Å². The normalized spacial score (nSPS) is 14.2. The van der Waals surface area contributed by atoms with E-state index >= 15 is 0 Å². The Hall–Kier alpha value is -1.83. The van der Waals surface area contributed by atoms with Crippen molar-refractivity contribution in [3.05, 3.63) is 53.1 Å². The standard InChI is InChI=1S/C15H16O2/c1-11-7-8-12(9-11)10-14(16)13-5-3-4-6-15(13)17-2/h3-7,9H,8,10H2,1-2H3. The molecule has 2 heteroatoms. The van der Waals surface area contributed by atoms with Crippen LogP contribution in [0.15, 0.2) is 47.6 Å². The van der Waals surface area contributed by atoms with Crippen molar-refractivity contribution in [3.63, 3.8) is 0 Å². The van der Waals surface area contributed by atoms with Gasteiger partial charge in [0.15, 0.2) is 5.78 Å². The van der Waals surface area contributed by atoms with Crippen LogP contribution in [0.4, 0.5) is 0 Å². The molecule has 0 amide bonds. The SMILES string of the molecule is COc1ccccc1C(=O)CC1=CC(C)=CC1. The fourth-order valence-electron chi connectivity index (χ4n) is 2.03. The van der Waals surface area contributed by atoms with E-state index < -0.39 is 0 Å². The van der Waals surface area contributed by atoms with Crippen molar-refractivity contribution >= 4 is 5.78 Å². The van der Waals surface area contributed by atoms with Crippen LogP contribution >= 0.6 is 0 Å². The second-order valence-corrected chi connectivity index (χ2v) is 4.26. The number of carbonyl (C=O) groups is 1. The molecule has 1 aliphatic rings. The third-order valence-corrected chi connectivity index (χ3v) is 2.91. The maximum Gasteiger partial charge on any atom is 0.170 e. The summed E-state index contributed by atoms with van der Waals surface area (Å²) in [6.45, 7) is 2.06. The second kappa shape index (κ2) is 5.00. The van der Waals surface area contributed by atoms with Crippen LogP contribution < -0.4 is 4.74 Å². The first-order chi connectivity index (χ1) is 8.20. The summed E-state index contributed by atoms with van der Waals surface area (Å²) in [5.41, 5.74) is 3.09. The second-order valence-electron chi connectivity index (χ2n) is 4.26. The number of ketones is 1. The Bertz CT molecular complexity index is 495. The summed E-state index contributed by atoms with van der Waals surface area (Å²) in [5.74, 6) is 0.776. The smallest absolute Gasteiger partial charge is 0.170 e. The number of hydrogen-bond donors (Lipinski definition) is 0. The molecule has 0 unspecified atom stereocenters. The third kappa shape index (κ3) is 2.64. The van der Waals surface area contributed by atoms with E-state index in [1.807, 2.05) is 24.3 Å². The Morgan fingerprint density at radius 3 is 2.76 bits per heavy atom. The summed E-state index contributed by atoms with van der Waals surface area (Å²) in [5, 5.41) is 0. The average Bonchev–Trinajstić information content (AvgIpc) is 2.74. The van der Waals surface area contributed by atoms with Crippen molar-refractivity contribution in [1.82, 2.24) is 0 Å². The molecule has 0 bridgehead atoms. The van der Waals surface area contributed by atoms with Crippen LogP contribution in [0, 0.1) is 0 Å². The number of methoxy groups -OCH3 is 1. The van der Waals surface area contributed by atoms with Crippen molar-refractivity contribution in [2.24, 2.45) is 0 Å². The number of hydrogen-bond acceptors (Lipinski definition) is 2. The highest BCUT2D eigenvalue weighted by atomic mass is 16.5. The van der Waals surface area contributed by atoms with Gasteiger partial charge in [0.25, 0.3) is 0 Å². The van der Waals surface area contributed by atoms with Gasteiger partial charge in [-0.2, -0.15) is 0 Å². The lowest BCUT2D eigenvalue weighted by molar-refractivity contribution is 0.0989. The van der Waals surface area contributed by atoms with E-state index in [1.54, 1.807) is 7.11 Å². The molecule has 0 saturated carbocycles. The number of rotatable bonds is 4. The highest BCUT2D eigenvalue weighted by Gasteiger charge is 2.14. The first-order valence-corrected chi connectivity index (χ1v) is 5.73. The Morgan fingerprint density at radius 2 is 2.12 bits per heavy atom. The Kier molecular flexibility index (Phi) is 3.43. The minimum atomic E-state index is 0.122. The van der Waals surface area contributed by atoms with Gasteiger partial charge in [-0.15, -0.1) is 0 Å². The molecule has 0 spiro atoms. The zero-order valence-electron chi connectivity index (χ0n) is 10.2. The molecule has 0 fully saturated rings. The number of ether oxygens (including phenoxy) is 1. The summed E-state index contributed by atoms with van der Waals surface area (Å²) in [6, 6.07) is 7.37. The Labute approximate surface area is 102 Å². The molecule has 88 valence electrons. The van der Waals surface area contributed by atoms with Gasteiger partial charge in [-0.1, -0.05) is 35.4 Å².